The van der Waals surface area contributed by atoms with Gasteiger partial charge in [0.05, 0.1) is 0 Å². The van der Waals surface area contributed by atoms with E-state index in [0.29, 0.717) is 0 Å². The zero-order valence-electron chi connectivity index (χ0n) is 17.2. The molecule has 0 saturated carbocycles. The predicted octanol–water partition coefficient (Wildman–Crippen LogP) is 8.31. The van der Waals surface area contributed by atoms with Crippen molar-refractivity contribution in [3.05, 3.63) is 169 Å². The van der Waals surface area contributed by atoms with Gasteiger partial charge in [0.15, 0.2) is 0 Å². The van der Waals surface area contributed by atoms with Crippen LogP contribution in [-0.2, 0) is 0 Å². The lowest BCUT2D eigenvalue weighted by atomic mass is 10.2. The Labute approximate surface area is 181 Å². The van der Waals surface area contributed by atoms with Gasteiger partial charge in [0, 0.05) is 0 Å². The van der Waals surface area contributed by atoms with Gasteiger partial charge in [-0.2, -0.15) is 0 Å². The lowest BCUT2D eigenvalue weighted by Crippen LogP contribution is -1.66. The van der Waals surface area contributed by atoms with Gasteiger partial charge in [-0.3, -0.25) is 0 Å². The minimum Gasteiger partial charge on any atom is -0.0623 e. The van der Waals surface area contributed by atoms with Crippen LogP contribution in [0.25, 0.3) is 12.2 Å². The second kappa shape index (κ2) is 16.1. The third kappa shape index (κ3) is 11.7. The minimum absolute atomic E-state index is 1.20. The molecule has 0 N–H and O–H groups in total. The van der Waals surface area contributed by atoms with E-state index in [-0.39, 0.29) is 0 Å². The van der Waals surface area contributed by atoms with Crippen molar-refractivity contribution in [2.45, 2.75) is 0 Å². The Morgan fingerprint density at radius 3 is 0.767 bits per heavy atom. The van der Waals surface area contributed by atoms with Crippen molar-refractivity contribution < 1.29 is 0 Å². The Kier molecular flexibility index (Phi) is 12.0. The standard InChI is InChI=1S/C30H28/c1(3-5-7-9-11-13-17-23-29-25-19-15-20-26-29)2-4-6-8-10-12-14-18-24-30-27-21-16-22-28-30/h1-28H. The summed E-state index contributed by atoms with van der Waals surface area (Å²) in [6.07, 6.45) is 36.4. The molecule has 0 aliphatic carbocycles. The number of hydrogen-bond donors (Lipinski definition) is 0. The molecule has 30 heavy (non-hydrogen) atoms. The summed E-state index contributed by atoms with van der Waals surface area (Å²) in [5.41, 5.74) is 2.41. The molecule has 2 aromatic carbocycles. The van der Waals surface area contributed by atoms with E-state index in [2.05, 4.69) is 36.4 Å². The fourth-order valence-corrected chi connectivity index (χ4v) is 2.36. The maximum absolute atomic E-state index is 2.08. The van der Waals surface area contributed by atoms with E-state index in [0.717, 1.165) is 0 Å². The molecule has 0 radical (unpaired) electrons. The molecule has 0 spiro atoms. The van der Waals surface area contributed by atoms with Gasteiger partial charge < -0.3 is 0 Å². The molecular formula is C30H28. The summed E-state index contributed by atoms with van der Waals surface area (Å²) in [5, 5.41) is 0. The predicted molar refractivity (Wildman–Crippen MR) is 135 cm³/mol. The molecule has 2 aromatic rings. The molecule has 2 rings (SSSR count). The summed E-state index contributed by atoms with van der Waals surface area (Å²) < 4.78 is 0. The van der Waals surface area contributed by atoms with Gasteiger partial charge in [-0.15, -0.1) is 0 Å². The zero-order chi connectivity index (χ0) is 21.0. The molecule has 0 amide bonds. The van der Waals surface area contributed by atoms with Gasteiger partial charge in [0.1, 0.15) is 0 Å². The average Bonchev–Trinajstić information content (AvgIpc) is 2.79. The highest BCUT2D eigenvalue weighted by Crippen LogP contribution is 2.01. The first-order chi connectivity index (χ1) is 14.9. The highest BCUT2D eigenvalue weighted by atomic mass is 13.9. The van der Waals surface area contributed by atoms with Crippen molar-refractivity contribution in [2.75, 3.05) is 0 Å². The van der Waals surface area contributed by atoms with E-state index in [9.17, 15) is 0 Å². The molecule has 0 heterocycles. The highest BCUT2D eigenvalue weighted by Gasteiger charge is 1.79. The van der Waals surface area contributed by atoms with Crippen LogP contribution in [0.5, 0.6) is 0 Å². The second-order valence-corrected chi connectivity index (χ2v) is 6.23. The first kappa shape index (κ1) is 22.4. The van der Waals surface area contributed by atoms with Crippen LogP contribution in [-0.4, -0.2) is 0 Å². The highest BCUT2D eigenvalue weighted by molar-refractivity contribution is 5.51. The van der Waals surface area contributed by atoms with Crippen molar-refractivity contribution in [3.63, 3.8) is 0 Å². The first-order valence-corrected chi connectivity index (χ1v) is 10.1. The van der Waals surface area contributed by atoms with Gasteiger partial charge >= 0.3 is 0 Å². The lowest BCUT2D eigenvalue weighted by Gasteiger charge is -1.87. The molecule has 0 unspecified atom stereocenters. The molecule has 148 valence electrons. The smallest absolute Gasteiger partial charge is 0.0257 e. The molecule has 0 fully saturated rings. The number of hydrogen-bond acceptors (Lipinski definition) is 0. The Bertz CT molecular complexity index is 876. The van der Waals surface area contributed by atoms with Crippen molar-refractivity contribution in [2.24, 2.45) is 0 Å². The van der Waals surface area contributed by atoms with Crippen LogP contribution in [0.2, 0.25) is 0 Å². The molecule has 0 aliphatic rings. The number of allylic oxidation sites excluding steroid dienone is 16. The Hall–Kier alpha value is -3.90. The van der Waals surface area contributed by atoms with E-state index >= 15 is 0 Å². The van der Waals surface area contributed by atoms with Crippen molar-refractivity contribution in [1.82, 2.24) is 0 Å². The Morgan fingerprint density at radius 1 is 0.267 bits per heavy atom. The van der Waals surface area contributed by atoms with Gasteiger partial charge in [-0.1, -0.05) is 170 Å². The normalized spacial score (nSPS) is 13.5. The van der Waals surface area contributed by atoms with Crippen LogP contribution in [0.1, 0.15) is 11.1 Å². The SMILES string of the molecule is C(=CC=CC=CC=CC=Cc1ccccc1)C=CC=CC=CC=Cc1ccccc1. The van der Waals surface area contributed by atoms with Crippen molar-refractivity contribution in [1.29, 1.82) is 0 Å². The monoisotopic (exact) mass is 388 g/mol. The Morgan fingerprint density at radius 2 is 0.500 bits per heavy atom. The van der Waals surface area contributed by atoms with E-state index in [1.54, 1.807) is 0 Å². The molecule has 0 heteroatoms. The lowest BCUT2D eigenvalue weighted by molar-refractivity contribution is 1.66. The van der Waals surface area contributed by atoms with Gasteiger partial charge in [0.25, 0.3) is 0 Å². The number of benzene rings is 2. The maximum atomic E-state index is 2.08. The summed E-state index contributed by atoms with van der Waals surface area (Å²) >= 11 is 0. The quantitative estimate of drug-likeness (QED) is 0.359. The van der Waals surface area contributed by atoms with Crippen molar-refractivity contribution in [3.8, 4) is 0 Å². The summed E-state index contributed by atoms with van der Waals surface area (Å²) in [4.78, 5) is 0. The largest absolute Gasteiger partial charge is 0.0623 e. The van der Waals surface area contributed by atoms with Crippen molar-refractivity contribution >= 4 is 12.2 Å². The van der Waals surface area contributed by atoms with Gasteiger partial charge in [-0.05, 0) is 11.1 Å². The molecular weight excluding hydrogens is 360 g/mol. The molecule has 0 atom stereocenters. The zero-order valence-corrected chi connectivity index (χ0v) is 17.2. The summed E-state index contributed by atoms with van der Waals surface area (Å²) in [6.45, 7) is 0. The van der Waals surface area contributed by atoms with E-state index in [1.165, 1.54) is 11.1 Å². The topological polar surface area (TPSA) is 0 Å². The number of rotatable bonds is 10. The molecule has 0 nitrogen and oxygen atoms in total. The summed E-state index contributed by atoms with van der Waals surface area (Å²) in [6, 6.07) is 20.5. The second-order valence-electron chi connectivity index (χ2n) is 6.23. The van der Waals surface area contributed by atoms with E-state index in [1.807, 2.05) is 134 Å². The average molecular weight is 389 g/mol. The molecule has 0 aromatic heterocycles. The third-order valence-electron chi connectivity index (χ3n) is 3.84. The Balaban J connectivity index is 1.58. The van der Waals surface area contributed by atoms with Crippen LogP contribution in [0.15, 0.2) is 158 Å². The van der Waals surface area contributed by atoms with Crippen LogP contribution in [0.3, 0.4) is 0 Å². The maximum Gasteiger partial charge on any atom is -0.0257 e. The minimum atomic E-state index is 1.20. The van der Waals surface area contributed by atoms with Crippen LogP contribution in [0, 0.1) is 0 Å². The van der Waals surface area contributed by atoms with Crippen LogP contribution in [0.4, 0.5) is 0 Å². The summed E-state index contributed by atoms with van der Waals surface area (Å²) in [5.74, 6) is 0. The first-order valence-electron chi connectivity index (χ1n) is 10.1. The van der Waals surface area contributed by atoms with Gasteiger partial charge in [-0.25, -0.2) is 0 Å². The molecule has 0 bridgehead atoms. The third-order valence-corrected chi connectivity index (χ3v) is 3.84. The molecule has 0 aliphatic heterocycles. The van der Waals surface area contributed by atoms with Gasteiger partial charge in [0.2, 0.25) is 0 Å². The fraction of sp³-hybridized carbons (Fsp3) is 0. The van der Waals surface area contributed by atoms with E-state index in [4.69, 9.17) is 0 Å². The van der Waals surface area contributed by atoms with E-state index < -0.39 is 0 Å². The van der Waals surface area contributed by atoms with Crippen LogP contribution >= 0.6 is 0 Å². The molecule has 0 saturated heterocycles. The van der Waals surface area contributed by atoms with Crippen LogP contribution < -0.4 is 0 Å². The summed E-state index contributed by atoms with van der Waals surface area (Å²) in [7, 11) is 0. The fourth-order valence-electron chi connectivity index (χ4n) is 2.36.